The Morgan fingerprint density at radius 1 is 1.16 bits per heavy atom. The van der Waals surface area contributed by atoms with Crippen molar-refractivity contribution in [2.24, 2.45) is 5.92 Å². The van der Waals surface area contributed by atoms with E-state index in [1.165, 1.54) is 50.4 Å². The first-order valence-electron chi connectivity index (χ1n) is 10.0. The van der Waals surface area contributed by atoms with Crippen molar-refractivity contribution in [3.63, 3.8) is 0 Å². The average Bonchev–Trinajstić information content (AvgIpc) is 3.54. The molecule has 0 bridgehead atoms. The lowest BCUT2D eigenvalue weighted by Crippen LogP contribution is -2.35. The van der Waals surface area contributed by atoms with Crippen LogP contribution in [0.25, 0.3) is 0 Å². The molecule has 8 nitrogen and oxygen atoms in total. The van der Waals surface area contributed by atoms with E-state index in [2.05, 4.69) is 5.32 Å². The fourth-order valence-electron chi connectivity index (χ4n) is 3.11. The average molecular weight is 481 g/mol. The molecule has 0 aromatic heterocycles. The molecule has 1 aliphatic rings. The van der Waals surface area contributed by atoms with E-state index in [0.29, 0.717) is 28.7 Å². The zero-order chi connectivity index (χ0) is 23.3. The molecule has 0 saturated heterocycles. The first-order chi connectivity index (χ1) is 15.2. The largest absolute Gasteiger partial charge is 0.379 e. The van der Waals surface area contributed by atoms with E-state index >= 15 is 0 Å². The van der Waals surface area contributed by atoms with Crippen LogP contribution in [0.2, 0.25) is 5.02 Å². The minimum absolute atomic E-state index is 0.0670. The zero-order valence-electron chi connectivity index (χ0n) is 17.8. The summed E-state index contributed by atoms with van der Waals surface area (Å²) in [6.45, 7) is 2.00. The number of nitrogens with one attached hydrogen (secondary N) is 1. The van der Waals surface area contributed by atoms with E-state index in [4.69, 9.17) is 20.5 Å². The van der Waals surface area contributed by atoms with Gasteiger partial charge in [0, 0.05) is 43.4 Å². The van der Waals surface area contributed by atoms with Crippen LogP contribution in [0, 0.1) is 5.92 Å². The van der Waals surface area contributed by atoms with Gasteiger partial charge in [-0.1, -0.05) is 11.6 Å². The summed E-state index contributed by atoms with van der Waals surface area (Å²) in [6, 6.07) is 10.2. The molecule has 172 valence electrons. The van der Waals surface area contributed by atoms with Gasteiger partial charge in [-0.25, -0.2) is 0 Å². The van der Waals surface area contributed by atoms with Crippen molar-refractivity contribution in [3.8, 4) is 5.75 Å². The summed E-state index contributed by atoms with van der Waals surface area (Å²) in [5, 5.41) is 2.97. The molecule has 2 aromatic carbocycles. The molecule has 2 amide bonds. The molecule has 0 spiro atoms. The number of halogens is 1. The van der Waals surface area contributed by atoms with Crippen molar-refractivity contribution in [2.45, 2.75) is 31.2 Å². The van der Waals surface area contributed by atoms with E-state index in [1.54, 1.807) is 11.0 Å². The van der Waals surface area contributed by atoms with Gasteiger partial charge in [0.2, 0.25) is 11.8 Å². The maximum absolute atomic E-state index is 12.8. The molecule has 3 rings (SSSR count). The number of methoxy groups -OCH3 is 1. The molecule has 0 heterocycles. The summed E-state index contributed by atoms with van der Waals surface area (Å²) < 4.78 is 36.1. The maximum atomic E-state index is 12.8. The van der Waals surface area contributed by atoms with Crippen LogP contribution in [-0.2, 0) is 31.0 Å². The summed E-state index contributed by atoms with van der Waals surface area (Å²) in [5.41, 5.74) is 0.942. The number of carbonyl (C=O) groups is 2. The van der Waals surface area contributed by atoms with Gasteiger partial charge >= 0.3 is 10.1 Å². The highest BCUT2D eigenvalue weighted by molar-refractivity contribution is 7.87. The molecule has 1 saturated carbocycles. The number of ether oxygens (including phenoxy) is 1. The van der Waals surface area contributed by atoms with E-state index in [0.717, 1.165) is 12.8 Å². The van der Waals surface area contributed by atoms with Gasteiger partial charge < -0.3 is 19.1 Å². The molecular formula is C22H25ClN2O6S. The Balaban J connectivity index is 1.83. The molecule has 0 aliphatic heterocycles. The molecule has 32 heavy (non-hydrogen) atoms. The summed E-state index contributed by atoms with van der Waals surface area (Å²) in [7, 11) is -2.71. The molecule has 10 heteroatoms. The molecule has 1 N–H and O–H groups in total. The van der Waals surface area contributed by atoms with Crippen molar-refractivity contribution in [1.82, 2.24) is 4.90 Å². The van der Waals surface area contributed by atoms with E-state index < -0.39 is 10.1 Å². The Hall–Kier alpha value is -2.62. The van der Waals surface area contributed by atoms with Gasteiger partial charge in [-0.2, -0.15) is 8.42 Å². The number of hydrogen-bond donors (Lipinski definition) is 1. The Morgan fingerprint density at radius 2 is 1.84 bits per heavy atom. The van der Waals surface area contributed by atoms with Crippen molar-refractivity contribution < 1.29 is 26.9 Å². The monoisotopic (exact) mass is 480 g/mol. The van der Waals surface area contributed by atoms with Gasteiger partial charge in [-0.05, 0) is 61.2 Å². The minimum atomic E-state index is -4.15. The third-order valence-electron chi connectivity index (χ3n) is 4.84. The lowest BCUT2D eigenvalue weighted by molar-refractivity contribution is -0.136. The van der Waals surface area contributed by atoms with Crippen molar-refractivity contribution in [1.29, 1.82) is 0 Å². The Labute approximate surface area is 192 Å². The van der Waals surface area contributed by atoms with Crippen LogP contribution >= 0.6 is 11.6 Å². The minimum Gasteiger partial charge on any atom is -0.379 e. The zero-order valence-corrected chi connectivity index (χ0v) is 19.4. The highest BCUT2D eigenvalue weighted by atomic mass is 35.5. The molecule has 0 unspecified atom stereocenters. The van der Waals surface area contributed by atoms with Crippen LogP contribution in [0.4, 0.5) is 5.69 Å². The molecule has 2 aromatic rings. The predicted molar refractivity (Wildman–Crippen MR) is 120 cm³/mol. The van der Waals surface area contributed by atoms with Crippen LogP contribution < -0.4 is 9.50 Å². The summed E-state index contributed by atoms with van der Waals surface area (Å²) in [4.78, 5) is 25.2. The number of benzene rings is 2. The fraction of sp³-hybridized carbons (Fsp3) is 0.364. The maximum Gasteiger partial charge on any atom is 0.339 e. The third-order valence-corrected chi connectivity index (χ3v) is 6.33. The van der Waals surface area contributed by atoms with Gasteiger partial charge in [0.25, 0.3) is 0 Å². The van der Waals surface area contributed by atoms with Gasteiger partial charge in [-0.15, -0.1) is 0 Å². The second-order valence-electron chi connectivity index (χ2n) is 7.65. The highest BCUT2D eigenvalue weighted by Gasteiger charge is 2.28. The molecule has 0 atom stereocenters. The molecular weight excluding hydrogens is 456 g/mol. The smallest absolute Gasteiger partial charge is 0.339 e. The third kappa shape index (κ3) is 6.69. The first-order valence-corrected chi connectivity index (χ1v) is 11.8. The Bertz CT molecular complexity index is 1080. The van der Waals surface area contributed by atoms with Gasteiger partial charge in [-0.3, -0.25) is 9.59 Å². The topological polar surface area (TPSA) is 102 Å². The SMILES string of the molecule is COCC(=O)N(Cc1cc(Cl)ccc1OS(=O)(=O)c1ccc(NC(C)=O)cc1)CC1CC1. The first kappa shape index (κ1) is 24.0. The number of anilines is 1. The summed E-state index contributed by atoms with van der Waals surface area (Å²) in [6.07, 6.45) is 2.11. The van der Waals surface area contributed by atoms with E-state index in [-0.39, 0.29) is 35.6 Å². The van der Waals surface area contributed by atoms with Crippen molar-refractivity contribution in [3.05, 3.63) is 53.1 Å². The second-order valence-corrected chi connectivity index (χ2v) is 9.63. The van der Waals surface area contributed by atoms with E-state index in [1.807, 2.05) is 0 Å². The lowest BCUT2D eigenvalue weighted by atomic mass is 10.1. The quantitative estimate of drug-likeness (QED) is 0.522. The number of hydrogen-bond acceptors (Lipinski definition) is 6. The van der Waals surface area contributed by atoms with Crippen LogP contribution in [-0.4, -0.2) is 45.4 Å². The predicted octanol–water partition coefficient (Wildman–Crippen LogP) is 3.45. The number of carbonyl (C=O) groups excluding carboxylic acids is 2. The molecule has 0 radical (unpaired) electrons. The van der Waals surface area contributed by atoms with Crippen LogP contribution in [0.15, 0.2) is 47.4 Å². The van der Waals surface area contributed by atoms with E-state index in [9.17, 15) is 18.0 Å². The highest BCUT2D eigenvalue weighted by Crippen LogP contribution is 2.32. The number of rotatable bonds is 10. The van der Waals surface area contributed by atoms with Gasteiger partial charge in [0.1, 0.15) is 17.3 Å². The van der Waals surface area contributed by atoms with Crippen molar-refractivity contribution in [2.75, 3.05) is 25.6 Å². The molecule has 1 aliphatic carbocycles. The van der Waals surface area contributed by atoms with Crippen molar-refractivity contribution >= 4 is 39.2 Å². The van der Waals surface area contributed by atoms with Gasteiger partial charge in [0.15, 0.2) is 0 Å². The van der Waals surface area contributed by atoms with Crippen LogP contribution in [0.5, 0.6) is 5.75 Å². The van der Waals surface area contributed by atoms with Gasteiger partial charge in [0.05, 0.1) is 0 Å². The Kier molecular flexibility index (Phi) is 7.76. The normalized spacial score (nSPS) is 13.5. The van der Waals surface area contributed by atoms with Crippen LogP contribution in [0.1, 0.15) is 25.3 Å². The Morgan fingerprint density at radius 3 is 2.44 bits per heavy atom. The second kappa shape index (κ2) is 10.3. The number of nitrogens with zero attached hydrogens (tertiary/aromatic N) is 1. The molecule has 1 fully saturated rings. The standard InChI is InChI=1S/C22H25ClN2O6S/c1-15(26)24-19-6-8-20(9-7-19)32(28,29)31-21-10-5-18(23)11-17(21)13-25(12-16-3-4-16)22(27)14-30-2/h5-11,16H,3-4,12-14H2,1-2H3,(H,24,26). The fourth-order valence-corrected chi connectivity index (χ4v) is 4.27. The summed E-state index contributed by atoms with van der Waals surface area (Å²) in [5.74, 6) is 0.0692. The van der Waals surface area contributed by atoms with Crippen LogP contribution in [0.3, 0.4) is 0 Å². The lowest BCUT2D eigenvalue weighted by Gasteiger charge is -2.24. The summed E-state index contributed by atoms with van der Waals surface area (Å²) >= 11 is 6.14. The number of amides is 2.